The van der Waals surface area contributed by atoms with E-state index in [1.165, 1.54) is 6.26 Å². The van der Waals surface area contributed by atoms with Gasteiger partial charge in [0.15, 0.2) is 11.3 Å². The van der Waals surface area contributed by atoms with Gasteiger partial charge in [-0.15, -0.1) is 0 Å². The summed E-state index contributed by atoms with van der Waals surface area (Å²) in [6.07, 6.45) is 6.55. The molecule has 1 saturated heterocycles. The lowest BCUT2D eigenvalue weighted by molar-refractivity contribution is -0.133. The van der Waals surface area contributed by atoms with Crippen LogP contribution in [0.3, 0.4) is 0 Å². The number of anilines is 1. The Balaban J connectivity index is 1.77. The zero-order chi connectivity index (χ0) is 19.0. The zero-order valence-electron chi connectivity index (χ0n) is 15.4. The lowest BCUT2D eigenvalue weighted by Crippen LogP contribution is -2.39. The van der Waals surface area contributed by atoms with E-state index in [1.54, 1.807) is 19.3 Å². The Morgan fingerprint density at radius 3 is 2.89 bits per heavy atom. The van der Waals surface area contributed by atoms with Crippen LogP contribution < -0.4 is 10.6 Å². The molecule has 0 aliphatic carbocycles. The first-order valence-corrected chi connectivity index (χ1v) is 9.10. The van der Waals surface area contributed by atoms with Crippen LogP contribution in [0.5, 0.6) is 0 Å². The largest absolute Gasteiger partial charge is 0.476 e. The van der Waals surface area contributed by atoms with Gasteiger partial charge in [0.05, 0.1) is 22.8 Å². The number of carboxylic acid groups (broad SMARTS) is 1. The number of hydrogen-bond donors (Lipinski definition) is 3. The standard InChI is InChI=1S/C18H23N5O4/c1-3-23-16-12(8-20-23)15(21-11-4-6-26-7-5-11)13(9-19-16)18(2)22-14(10-27-18)17(24)25/h8-11,22H,3-7H2,1-2H3,(H,19,21)(H,24,25). The molecule has 1 fully saturated rings. The molecule has 4 heterocycles. The SMILES string of the molecule is CCn1ncc2c(NC3CCOCC3)c(C3(C)NC(C(=O)O)=CO3)cnc21. The zero-order valence-corrected chi connectivity index (χ0v) is 15.4. The van der Waals surface area contributed by atoms with Gasteiger partial charge in [0, 0.05) is 32.0 Å². The van der Waals surface area contributed by atoms with E-state index in [0.29, 0.717) is 19.8 Å². The fourth-order valence-corrected chi connectivity index (χ4v) is 3.55. The maximum absolute atomic E-state index is 11.3. The predicted octanol–water partition coefficient (Wildman–Crippen LogP) is 1.76. The van der Waals surface area contributed by atoms with E-state index < -0.39 is 11.7 Å². The Hall–Kier alpha value is -2.81. The van der Waals surface area contributed by atoms with Gasteiger partial charge >= 0.3 is 5.97 Å². The summed E-state index contributed by atoms with van der Waals surface area (Å²) < 4.78 is 13.0. The van der Waals surface area contributed by atoms with Crippen molar-refractivity contribution in [2.45, 2.75) is 45.0 Å². The Morgan fingerprint density at radius 2 is 2.22 bits per heavy atom. The molecular weight excluding hydrogens is 350 g/mol. The molecule has 0 aromatic carbocycles. The number of ether oxygens (including phenoxy) is 2. The van der Waals surface area contributed by atoms with Crippen LogP contribution in [0.25, 0.3) is 11.0 Å². The molecule has 2 aromatic heterocycles. The van der Waals surface area contributed by atoms with Crippen molar-refractivity contribution < 1.29 is 19.4 Å². The molecule has 27 heavy (non-hydrogen) atoms. The lowest BCUT2D eigenvalue weighted by atomic mass is 10.0. The predicted molar refractivity (Wildman–Crippen MR) is 98.0 cm³/mol. The highest BCUT2D eigenvalue weighted by Crippen LogP contribution is 2.38. The highest BCUT2D eigenvalue weighted by atomic mass is 16.5. The van der Waals surface area contributed by atoms with Gasteiger partial charge in [-0.1, -0.05) is 0 Å². The van der Waals surface area contributed by atoms with Crippen LogP contribution in [-0.4, -0.2) is 45.1 Å². The van der Waals surface area contributed by atoms with Crippen molar-refractivity contribution in [3.8, 4) is 0 Å². The molecular formula is C18H23N5O4. The molecule has 0 amide bonds. The number of fused-ring (bicyclic) bond motifs is 1. The van der Waals surface area contributed by atoms with Gasteiger partial charge in [0.1, 0.15) is 6.26 Å². The second-order valence-corrected chi connectivity index (χ2v) is 6.89. The Labute approximate surface area is 156 Å². The Morgan fingerprint density at radius 1 is 1.44 bits per heavy atom. The summed E-state index contributed by atoms with van der Waals surface area (Å²) in [7, 11) is 0. The van der Waals surface area contributed by atoms with Gasteiger partial charge in [0.25, 0.3) is 0 Å². The topological polar surface area (TPSA) is 111 Å². The number of carbonyl (C=O) groups is 1. The maximum Gasteiger partial charge on any atom is 0.355 e. The normalized spacial score (nSPS) is 23.0. The highest BCUT2D eigenvalue weighted by molar-refractivity contribution is 5.92. The fraction of sp³-hybridized carbons (Fsp3) is 0.500. The van der Waals surface area contributed by atoms with Crippen LogP contribution in [-0.2, 0) is 26.5 Å². The molecule has 4 rings (SSSR count). The van der Waals surface area contributed by atoms with Crippen LogP contribution in [0.15, 0.2) is 24.4 Å². The number of aliphatic carboxylic acids is 1. The van der Waals surface area contributed by atoms with Crippen molar-refractivity contribution in [2.24, 2.45) is 0 Å². The Kier molecular flexibility index (Phi) is 4.39. The summed E-state index contributed by atoms with van der Waals surface area (Å²) in [5.41, 5.74) is 1.37. The van der Waals surface area contributed by atoms with Gasteiger partial charge in [-0.25, -0.2) is 14.5 Å². The molecule has 144 valence electrons. The number of hydrogen-bond acceptors (Lipinski definition) is 7. The second kappa shape index (κ2) is 6.73. The van der Waals surface area contributed by atoms with Crippen LogP contribution in [0.4, 0.5) is 5.69 Å². The molecule has 9 heteroatoms. The minimum absolute atomic E-state index is 0.0128. The number of rotatable bonds is 5. The molecule has 0 bridgehead atoms. The first kappa shape index (κ1) is 17.6. The van der Waals surface area contributed by atoms with Crippen molar-refractivity contribution in [3.63, 3.8) is 0 Å². The van der Waals surface area contributed by atoms with E-state index in [2.05, 4.69) is 20.7 Å². The molecule has 0 spiro atoms. The first-order chi connectivity index (χ1) is 13.0. The molecule has 0 saturated carbocycles. The lowest BCUT2D eigenvalue weighted by Gasteiger charge is -2.31. The molecule has 3 N–H and O–H groups in total. The van der Waals surface area contributed by atoms with Crippen LogP contribution in [0.1, 0.15) is 32.3 Å². The quantitative estimate of drug-likeness (QED) is 0.727. The van der Waals surface area contributed by atoms with E-state index >= 15 is 0 Å². The number of aromatic nitrogens is 3. The monoisotopic (exact) mass is 373 g/mol. The van der Waals surface area contributed by atoms with Gasteiger partial charge < -0.3 is 25.2 Å². The molecule has 1 atom stereocenters. The minimum atomic E-state index is -1.06. The average Bonchev–Trinajstić information content (AvgIpc) is 3.27. The van der Waals surface area contributed by atoms with E-state index in [-0.39, 0.29) is 11.7 Å². The van der Waals surface area contributed by atoms with Crippen molar-refractivity contribution in [3.05, 3.63) is 29.9 Å². The summed E-state index contributed by atoms with van der Waals surface area (Å²) in [6, 6.07) is 0.255. The van der Waals surface area contributed by atoms with E-state index in [1.807, 2.05) is 11.6 Å². The molecule has 1 unspecified atom stereocenters. The van der Waals surface area contributed by atoms with E-state index in [4.69, 9.17) is 9.47 Å². The highest BCUT2D eigenvalue weighted by Gasteiger charge is 2.39. The van der Waals surface area contributed by atoms with Gasteiger partial charge in [-0.3, -0.25) is 0 Å². The number of carboxylic acids is 1. The van der Waals surface area contributed by atoms with Crippen molar-refractivity contribution in [1.29, 1.82) is 0 Å². The van der Waals surface area contributed by atoms with Gasteiger partial charge in [-0.2, -0.15) is 5.10 Å². The number of nitrogens with zero attached hydrogens (tertiary/aromatic N) is 3. The first-order valence-electron chi connectivity index (χ1n) is 9.10. The molecule has 2 aromatic rings. The average molecular weight is 373 g/mol. The van der Waals surface area contributed by atoms with Gasteiger partial charge in [-0.05, 0) is 26.7 Å². The van der Waals surface area contributed by atoms with Crippen LogP contribution in [0.2, 0.25) is 0 Å². The van der Waals surface area contributed by atoms with E-state index in [9.17, 15) is 9.90 Å². The van der Waals surface area contributed by atoms with Crippen molar-refractivity contribution >= 4 is 22.7 Å². The molecule has 9 nitrogen and oxygen atoms in total. The van der Waals surface area contributed by atoms with Crippen molar-refractivity contribution in [1.82, 2.24) is 20.1 Å². The summed E-state index contributed by atoms with van der Waals surface area (Å²) in [6.45, 7) is 5.95. The Bertz CT molecular complexity index is 903. The summed E-state index contributed by atoms with van der Waals surface area (Å²) >= 11 is 0. The summed E-state index contributed by atoms with van der Waals surface area (Å²) in [5.74, 6) is -1.06. The van der Waals surface area contributed by atoms with Crippen LogP contribution >= 0.6 is 0 Å². The second-order valence-electron chi connectivity index (χ2n) is 6.89. The third-order valence-electron chi connectivity index (χ3n) is 5.07. The number of nitrogens with one attached hydrogen (secondary N) is 2. The number of aryl methyl sites for hydroxylation is 1. The number of pyridine rings is 1. The summed E-state index contributed by atoms with van der Waals surface area (Å²) in [5, 5.41) is 21.1. The van der Waals surface area contributed by atoms with E-state index in [0.717, 1.165) is 35.1 Å². The molecule has 2 aliphatic rings. The summed E-state index contributed by atoms with van der Waals surface area (Å²) in [4.78, 5) is 15.9. The smallest absolute Gasteiger partial charge is 0.355 e. The third-order valence-corrected chi connectivity index (χ3v) is 5.07. The third kappa shape index (κ3) is 3.08. The van der Waals surface area contributed by atoms with Gasteiger partial charge in [0.2, 0.25) is 5.72 Å². The molecule has 0 radical (unpaired) electrons. The van der Waals surface area contributed by atoms with Crippen LogP contribution in [0, 0.1) is 0 Å². The van der Waals surface area contributed by atoms with Crippen molar-refractivity contribution in [2.75, 3.05) is 18.5 Å². The maximum atomic E-state index is 11.3. The fourth-order valence-electron chi connectivity index (χ4n) is 3.55. The minimum Gasteiger partial charge on any atom is -0.476 e. The molecule has 2 aliphatic heterocycles.